The third-order valence-electron chi connectivity index (χ3n) is 3.95. The predicted molar refractivity (Wildman–Crippen MR) is 66.9 cm³/mol. The Morgan fingerprint density at radius 3 is 2.75 bits per heavy atom. The van der Waals surface area contributed by atoms with Crippen molar-refractivity contribution in [3.8, 4) is 0 Å². The molecule has 1 unspecified atom stereocenters. The molecular formula is C12H21NO2S. The van der Waals surface area contributed by atoms with E-state index in [9.17, 15) is 9.90 Å². The van der Waals surface area contributed by atoms with Crippen molar-refractivity contribution < 1.29 is 9.90 Å². The average Bonchev–Trinajstić information content (AvgIpc) is 2.30. The second kappa shape index (κ2) is 4.96. The molecule has 3 nitrogen and oxygen atoms in total. The quantitative estimate of drug-likeness (QED) is 0.806. The van der Waals surface area contributed by atoms with Gasteiger partial charge in [0.05, 0.1) is 5.41 Å². The van der Waals surface area contributed by atoms with Gasteiger partial charge >= 0.3 is 5.97 Å². The van der Waals surface area contributed by atoms with Gasteiger partial charge in [0.25, 0.3) is 0 Å². The van der Waals surface area contributed by atoms with Crippen LogP contribution in [-0.2, 0) is 4.79 Å². The van der Waals surface area contributed by atoms with E-state index in [-0.39, 0.29) is 0 Å². The summed E-state index contributed by atoms with van der Waals surface area (Å²) in [5.74, 6) is 1.86. The maximum Gasteiger partial charge on any atom is 0.310 e. The highest BCUT2D eigenvalue weighted by atomic mass is 32.2. The van der Waals surface area contributed by atoms with Crippen molar-refractivity contribution in [1.29, 1.82) is 0 Å². The highest BCUT2D eigenvalue weighted by Gasteiger charge is 2.39. The maximum absolute atomic E-state index is 11.3. The Balaban J connectivity index is 1.98. The van der Waals surface area contributed by atoms with Crippen LogP contribution in [0.5, 0.6) is 0 Å². The molecule has 92 valence electrons. The fourth-order valence-corrected chi connectivity index (χ4v) is 3.90. The Kier molecular flexibility index (Phi) is 3.80. The first-order valence-corrected chi connectivity index (χ1v) is 7.32. The molecule has 2 aliphatic rings. The molecule has 0 aromatic heterocycles. The number of likely N-dealkylation sites (tertiary alicyclic amines) is 1. The summed E-state index contributed by atoms with van der Waals surface area (Å²) >= 11 is 2.03. The van der Waals surface area contributed by atoms with E-state index < -0.39 is 11.4 Å². The fraction of sp³-hybridized carbons (Fsp3) is 0.917. The van der Waals surface area contributed by atoms with E-state index in [1.54, 1.807) is 0 Å². The van der Waals surface area contributed by atoms with Crippen LogP contribution >= 0.6 is 11.8 Å². The van der Waals surface area contributed by atoms with Gasteiger partial charge in [-0.1, -0.05) is 0 Å². The van der Waals surface area contributed by atoms with Crippen molar-refractivity contribution in [3.63, 3.8) is 0 Å². The van der Waals surface area contributed by atoms with Crippen LogP contribution in [0.3, 0.4) is 0 Å². The minimum atomic E-state index is -0.623. The lowest BCUT2D eigenvalue weighted by molar-refractivity contribution is -0.151. The number of carbonyl (C=O) groups is 1. The topological polar surface area (TPSA) is 40.5 Å². The van der Waals surface area contributed by atoms with Gasteiger partial charge in [-0.25, -0.2) is 0 Å². The number of carboxylic acid groups (broad SMARTS) is 1. The molecule has 2 fully saturated rings. The van der Waals surface area contributed by atoms with Gasteiger partial charge in [-0.05, 0) is 50.7 Å². The van der Waals surface area contributed by atoms with Crippen molar-refractivity contribution in [3.05, 3.63) is 0 Å². The van der Waals surface area contributed by atoms with Gasteiger partial charge in [-0.3, -0.25) is 9.69 Å². The average molecular weight is 243 g/mol. The van der Waals surface area contributed by atoms with Crippen LogP contribution in [0.1, 0.15) is 32.6 Å². The van der Waals surface area contributed by atoms with E-state index in [0.717, 1.165) is 25.9 Å². The van der Waals surface area contributed by atoms with Gasteiger partial charge in [0, 0.05) is 12.6 Å². The molecule has 1 N–H and O–H groups in total. The Hall–Kier alpha value is -0.220. The lowest BCUT2D eigenvalue weighted by Gasteiger charge is -2.42. The zero-order valence-electron chi connectivity index (χ0n) is 9.95. The number of aliphatic carboxylic acids is 1. The number of hydrogen-bond acceptors (Lipinski definition) is 3. The largest absolute Gasteiger partial charge is 0.481 e. The zero-order valence-corrected chi connectivity index (χ0v) is 10.8. The summed E-state index contributed by atoms with van der Waals surface area (Å²) in [7, 11) is 0. The van der Waals surface area contributed by atoms with Crippen LogP contribution in [0.25, 0.3) is 0 Å². The molecule has 16 heavy (non-hydrogen) atoms. The Labute approximate surface area is 102 Å². The first-order chi connectivity index (χ1) is 7.62. The summed E-state index contributed by atoms with van der Waals surface area (Å²) in [6.45, 7) is 3.74. The smallest absolute Gasteiger partial charge is 0.310 e. The van der Waals surface area contributed by atoms with Gasteiger partial charge < -0.3 is 5.11 Å². The summed E-state index contributed by atoms with van der Waals surface area (Å²) in [5.41, 5.74) is -0.511. The molecule has 0 amide bonds. The van der Waals surface area contributed by atoms with Crippen LogP contribution in [0.15, 0.2) is 0 Å². The van der Waals surface area contributed by atoms with Crippen LogP contribution < -0.4 is 0 Å². The molecule has 0 spiro atoms. The molecule has 2 saturated heterocycles. The molecule has 1 atom stereocenters. The molecule has 0 radical (unpaired) electrons. The van der Waals surface area contributed by atoms with Crippen molar-refractivity contribution in [2.75, 3.05) is 24.6 Å². The van der Waals surface area contributed by atoms with Crippen molar-refractivity contribution in [1.82, 2.24) is 4.90 Å². The highest BCUT2D eigenvalue weighted by molar-refractivity contribution is 7.99. The van der Waals surface area contributed by atoms with E-state index >= 15 is 0 Å². The number of carboxylic acids is 1. The molecule has 0 aliphatic carbocycles. The van der Waals surface area contributed by atoms with Crippen LogP contribution in [0, 0.1) is 5.41 Å². The Morgan fingerprint density at radius 1 is 1.44 bits per heavy atom. The zero-order chi connectivity index (χ0) is 11.6. The minimum Gasteiger partial charge on any atom is -0.481 e. The molecular weight excluding hydrogens is 222 g/mol. The van der Waals surface area contributed by atoms with Gasteiger partial charge in [0.15, 0.2) is 0 Å². The summed E-state index contributed by atoms with van der Waals surface area (Å²) in [4.78, 5) is 13.7. The van der Waals surface area contributed by atoms with Crippen LogP contribution in [-0.4, -0.2) is 46.6 Å². The molecule has 0 bridgehead atoms. The highest BCUT2D eigenvalue weighted by Crippen LogP contribution is 2.33. The van der Waals surface area contributed by atoms with E-state index in [0.29, 0.717) is 6.04 Å². The number of nitrogens with zero attached hydrogens (tertiary/aromatic N) is 1. The number of thioether (sulfide) groups is 1. The van der Waals surface area contributed by atoms with E-state index in [1.165, 1.54) is 24.3 Å². The van der Waals surface area contributed by atoms with Crippen LogP contribution in [0.2, 0.25) is 0 Å². The molecule has 0 aromatic rings. The lowest BCUT2D eigenvalue weighted by Crippen LogP contribution is -2.50. The summed E-state index contributed by atoms with van der Waals surface area (Å²) in [6.07, 6.45) is 4.34. The van der Waals surface area contributed by atoms with Crippen molar-refractivity contribution in [2.24, 2.45) is 5.41 Å². The minimum absolute atomic E-state index is 0.511. The molecule has 2 rings (SSSR count). The number of hydrogen-bond donors (Lipinski definition) is 1. The summed E-state index contributed by atoms with van der Waals surface area (Å²) < 4.78 is 0. The summed E-state index contributed by atoms with van der Waals surface area (Å²) in [6, 6.07) is 0.639. The molecule has 0 aromatic carbocycles. The second-order valence-corrected chi connectivity index (χ2v) is 6.51. The molecule has 2 aliphatic heterocycles. The van der Waals surface area contributed by atoms with E-state index in [1.807, 2.05) is 18.7 Å². The Morgan fingerprint density at radius 2 is 2.12 bits per heavy atom. The predicted octanol–water partition coefficient (Wildman–Crippen LogP) is 2.07. The van der Waals surface area contributed by atoms with Crippen molar-refractivity contribution in [2.45, 2.75) is 38.6 Å². The van der Waals surface area contributed by atoms with Gasteiger partial charge in [0.2, 0.25) is 0 Å². The second-order valence-electron chi connectivity index (χ2n) is 5.28. The first-order valence-electron chi connectivity index (χ1n) is 6.17. The van der Waals surface area contributed by atoms with E-state index in [2.05, 4.69) is 4.90 Å². The molecule has 4 heteroatoms. The van der Waals surface area contributed by atoms with E-state index in [4.69, 9.17) is 0 Å². The number of piperidine rings is 1. The van der Waals surface area contributed by atoms with Crippen LogP contribution in [0.4, 0.5) is 0 Å². The maximum atomic E-state index is 11.3. The lowest BCUT2D eigenvalue weighted by atomic mass is 9.81. The van der Waals surface area contributed by atoms with Gasteiger partial charge in [-0.15, -0.1) is 0 Å². The summed E-state index contributed by atoms with van der Waals surface area (Å²) in [5, 5.41) is 9.28. The third-order valence-corrected chi connectivity index (χ3v) is 5.00. The SMILES string of the molecule is CC1(C(=O)O)CCCN(C2CCSCC2)C1. The molecule has 0 saturated carbocycles. The van der Waals surface area contributed by atoms with Crippen molar-refractivity contribution >= 4 is 17.7 Å². The van der Waals surface area contributed by atoms with Gasteiger partial charge in [0.1, 0.15) is 0 Å². The third kappa shape index (κ3) is 2.54. The monoisotopic (exact) mass is 243 g/mol. The Bertz CT molecular complexity index is 266. The number of rotatable bonds is 2. The molecule has 2 heterocycles. The first kappa shape index (κ1) is 12.2. The normalized spacial score (nSPS) is 33.8. The standard InChI is InChI=1S/C12H21NO2S/c1-12(11(14)15)5-2-6-13(9-12)10-3-7-16-8-4-10/h10H,2-9H2,1H3,(H,14,15). The van der Waals surface area contributed by atoms with Gasteiger partial charge in [-0.2, -0.15) is 11.8 Å². The fourth-order valence-electron chi connectivity index (χ4n) is 2.82.